The van der Waals surface area contributed by atoms with Crippen LogP contribution in [0, 0.1) is 6.92 Å². The van der Waals surface area contributed by atoms with E-state index in [2.05, 4.69) is 126 Å². The first-order chi connectivity index (χ1) is 20.7. The van der Waals surface area contributed by atoms with Gasteiger partial charge in [0.2, 0.25) is 5.90 Å². The van der Waals surface area contributed by atoms with E-state index in [-0.39, 0.29) is 27.7 Å². The highest BCUT2D eigenvalue weighted by Crippen LogP contribution is 2.45. The normalized spacial score (nSPS) is 16.3. The summed E-state index contributed by atoms with van der Waals surface area (Å²) in [4.78, 5) is 4.84. The summed E-state index contributed by atoms with van der Waals surface area (Å²) < 4.78 is 26.3. The molecule has 4 aromatic rings. The van der Waals surface area contributed by atoms with Crippen LogP contribution in [-0.2, 0) is 26.4 Å². The van der Waals surface area contributed by atoms with Crippen molar-refractivity contribution in [3.63, 3.8) is 0 Å². The maximum atomic E-state index is 6.87. The zero-order valence-electron chi connectivity index (χ0n) is 29.6. The number of aryl methyl sites for hydroxylation is 1. The van der Waals surface area contributed by atoms with E-state index in [1.165, 1.54) is 16.7 Å². The standard InChI is InChI=1S/C39H52NO4P/c1-24-14-16-25(17-15-24)35-40-28(22-41-35)23-42-45-43-33-29(18-26(36(2,3)4)20-31(33)38(8,9)10)30-19-27(37(5,6)7)21-32(34(30)44-45)39(11,12)13/h14-21,28H,22-23H2,1-13H3/t28-/m0/s1. The van der Waals surface area contributed by atoms with Gasteiger partial charge in [-0.25, -0.2) is 4.99 Å². The fourth-order valence-electron chi connectivity index (χ4n) is 5.56. The summed E-state index contributed by atoms with van der Waals surface area (Å²) >= 11 is 0. The minimum atomic E-state index is -1.79. The van der Waals surface area contributed by atoms with Gasteiger partial charge in [0.15, 0.2) is 0 Å². The van der Waals surface area contributed by atoms with E-state index >= 15 is 0 Å². The average Bonchev–Trinajstić information content (AvgIpc) is 3.32. The van der Waals surface area contributed by atoms with Crippen LogP contribution in [0.5, 0.6) is 0 Å². The highest BCUT2D eigenvalue weighted by Gasteiger charge is 2.29. The van der Waals surface area contributed by atoms with Gasteiger partial charge in [-0.1, -0.05) is 113 Å². The molecule has 1 aliphatic rings. The third-order valence-corrected chi connectivity index (χ3v) is 9.55. The number of ether oxygens (including phenoxy) is 1. The molecular weight excluding hydrogens is 577 g/mol. The average molecular weight is 630 g/mol. The maximum absolute atomic E-state index is 6.87. The highest BCUT2D eigenvalue weighted by atomic mass is 31.1. The minimum absolute atomic E-state index is 0.0479. The molecule has 0 saturated carbocycles. The topological polar surface area (TPSA) is 57.1 Å². The van der Waals surface area contributed by atoms with Crippen molar-refractivity contribution in [3.8, 4) is 0 Å². The van der Waals surface area contributed by atoms with Crippen molar-refractivity contribution in [2.24, 2.45) is 4.99 Å². The first-order valence-electron chi connectivity index (χ1n) is 16.2. The van der Waals surface area contributed by atoms with Crippen LogP contribution in [0.4, 0.5) is 0 Å². The molecule has 0 bridgehead atoms. The second-order valence-electron chi connectivity index (χ2n) is 16.8. The number of benzene rings is 3. The molecule has 0 saturated heterocycles. The van der Waals surface area contributed by atoms with E-state index in [0.29, 0.717) is 19.1 Å². The van der Waals surface area contributed by atoms with E-state index in [0.717, 1.165) is 38.6 Å². The fourth-order valence-corrected chi connectivity index (χ4v) is 6.68. The smallest absolute Gasteiger partial charge is 0.387 e. The van der Waals surface area contributed by atoms with Crippen LogP contribution >= 0.6 is 8.24 Å². The van der Waals surface area contributed by atoms with E-state index in [9.17, 15) is 0 Å². The molecule has 2 heterocycles. The maximum Gasteiger partial charge on any atom is 0.387 e. The van der Waals surface area contributed by atoms with Gasteiger partial charge >= 0.3 is 8.24 Å². The molecule has 0 aliphatic carbocycles. The van der Waals surface area contributed by atoms with Crippen LogP contribution in [0.2, 0.25) is 0 Å². The lowest BCUT2D eigenvalue weighted by Crippen LogP contribution is -2.17. The van der Waals surface area contributed by atoms with E-state index in [1.54, 1.807) is 0 Å². The Kier molecular flexibility index (Phi) is 8.64. The lowest BCUT2D eigenvalue weighted by Gasteiger charge is -2.27. The third kappa shape index (κ3) is 7.21. The van der Waals surface area contributed by atoms with E-state index in [1.807, 2.05) is 12.1 Å². The highest BCUT2D eigenvalue weighted by molar-refractivity contribution is 7.31. The summed E-state index contributed by atoms with van der Waals surface area (Å²) in [6.45, 7) is 30.0. The fraction of sp³-hybridized carbons (Fsp3) is 0.513. The number of fused-ring (bicyclic) bond motifs is 3. The first-order valence-corrected chi connectivity index (χ1v) is 17.3. The molecule has 0 radical (unpaired) electrons. The van der Waals surface area contributed by atoms with Gasteiger partial charge in [0.25, 0.3) is 0 Å². The number of hydrogen-bond donors (Lipinski definition) is 0. The molecule has 5 nitrogen and oxygen atoms in total. The number of rotatable bonds is 4. The predicted molar refractivity (Wildman–Crippen MR) is 190 cm³/mol. The molecule has 0 fully saturated rings. The summed E-state index contributed by atoms with van der Waals surface area (Å²) in [6.07, 6.45) is 0. The number of aliphatic imine (C=N–C) groups is 1. The van der Waals surface area contributed by atoms with Gasteiger partial charge in [0.05, 0.1) is 6.61 Å². The zero-order chi connectivity index (χ0) is 33.1. The predicted octanol–water partition coefficient (Wildman–Crippen LogP) is 11.1. The number of nitrogens with zero attached hydrogens (tertiary/aromatic N) is 1. The van der Waals surface area contributed by atoms with Crippen molar-refractivity contribution in [1.82, 2.24) is 0 Å². The quantitative estimate of drug-likeness (QED) is 0.225. The SMILES string of the molecule is Cc1ccc(C2=N[C@H](COp3oc4c(C(C)(C)C)cc(C(C)(C)C)cc4c4cc(C(C)(C)C)cc(C(C)(C)C)c4o3)CO2)cc1. The Hall–Kier alpha value is -3.01. The van der Waals surface area contributed by atoms with Gasteiger partial charge in [-0.05, 0) is 64.0 Å². The molecule has 242 valence electrons. The van der Waals surface area contributed by atoms with Crippen LogP contribution in [0.1, 0.15) is 116 Å². The molecule has 1 aromatic heterocycles. The molecule has 0 amide bonds. The Bertz CT molecular complexity index is 1690. The van der Waals surface area contributed by atoms with Crippen molar-refractivity contribution in [3.05, 3.63) is 81.9 Å². The third-order valence-electron chi connectivity index (χ3n) is 8.53. The second-order valence-corrected chi connectivity index (χ2v) is 17.8. The van der Waals surface area contributed by atoms with Crippen LogP contribution < -0.4 is 4.52 Å². The molecule has 1 aliphatic heterocycles. The van der Waals surface area contributed by atoms with E-state index in [4.69, 9.17) is 22.6 Å². The first kappa shape index (κ1) is 33.4. The van der Waals surface area contributed by atoms with Crippen LogP contribution in [0.15, 0.2) is 61.9 Å². The minimum Gasteiger partial charge on any atom is -0.475 e. The molecule has 3 aromatic carbocycles. The summed E-state index contributed by atoms with van der Waals surface area (Å²) in [5.41, 5.74) is 8.29. The molecule has 5 rings (SSSR count). The Labute approximate surface area is 271 Å². The monoisotopic (exact) mass is 629 g/mol. The summed E-state index contributed by atoms with van der Waals surface area (Å²) in [5.74, 6) is 0.657. The molecule has 0 spiro atoms. The lowest BCUT2D eigenvalue weighted by atomic mass is 9.77. The van der Waals surface area contributed by atoms with Crippen molar-refractivity contribution < 1.29 is 17.7 Å². The second kappa shape index (κ2) is 11.7. The van der Waals surface area contributed by atoms with Crippen molar-refractivity contribution in [1.29, 1.82) is 0 Å². The molecular formula is C39H52NO4P. The van der Waals surface area contributed by atoms with Gasteiger partial charge in [-0.15, -0.1) is 0 Å². The van der Waals surface area contributed by atoms with E-state index < -0.39 is 8.24 Å². The van der Waals surface area contributed by atoms with Crippen LogP contribution in [0.3, 0.4) is 0 Å². The van der Waals surface area contributed by atoms with Gasteiger partial charge in [-0.3, -0.25) is 4.52 Å². The molecule has 45 heavy (non-hydrogen) atoms. The Balaban J connectivity index is 1.76. The number of hydrogen-bond acceptors (Lipinski definition) is 5. The summed E-state index contributed by atoms with van der Waals surface area (Å²) in [7, 11) is -1.79. The van der Waals surface area contributed by atoms with Crippen LogP contribution in [0.25, 0.3) is 21.9 Å². The van der Waals surface area contributed by atoms with Crippen molar-refractivity contribution in [2.45, 2.75) is 118 Å². The Morgan fingerprint density at radius 3 is 1.58 bits per heavy atom. The van der Waals surface area contributed by atoms with Gasteiger partial charge in [0, 0.05) is 27.5 Å². The molecule has 0 unspecified atom stereocenters. The summed E-state index contributed by atoms with van der Waals surface area (Å²) in [6, 6.07) is 17.4. The zero-order valence-corrected chi connectivity index (χ0v) is 30.5. The molecule has 1 atom stereocenters. The molecule has 0 N–H and O–H groups in total. The van der Waals surface area contributed by atoms with Crippen molar-refractivity contribution in [2.75, 3.05) is 13.2 Å². The van der Waals surface area contributed by atoms with Gasteiger partial charge < -0.3 is 13.1 Å². The Morgan fingerprint density at radius 2 is 1.16 bits per heavy atom. The Morgan fingerprint density at radius 1 is 0.689 bits per heavy atom. The van der Waals surface area contributed by atoms with Gasteiger partial charge in [-0.2, -0.15) is 0 Å². The summed E-state index contributed by atoms with van der Waals surface area (Å²) in [5, 5.41) is 2.13. The molecule has 6 heteroatoms. The largest absolute Gasteiger partial charge is 0.475 e. The van der Waals surface area contributed by atoms with Gasteiger partial charge in [0.1, 0.15) is 23.8 Å². The van der Waals surface area contributed by atoms with Crippen LogP contribution in [-0.4, -0.2) is 25.2 Å². The lowest BCUT2D eigenvalue weighted by molar-refractivity contribution is 0.270. The van der Waals surface area contributed by atoms with Crippen molar-refractivity contribution >= 4 is 36.1 Å².